The number of hydrogen-bond donors (Lipinski definition) is 1. The first-order chi connectivity index (χ1) is 16.3. The molecule has 4 rings (SSSR count). The summed E-state index contributed by atoms with van der Waals surface area (Å²) in [5.41, 5.74) is 2.18. The van der Waals surface area contributed by atoms with Gasteiger partial charge in [-0.3, -0.25) is 4.79 Å². The minimum absolute atomic E-state index is 0.121. The molecule has 0 spiro atoms. The smallest absolute Gasteiger partial charge is 0.252 e. The molecule has 0 fully saturated rings. The third kappa shape index (κ3) is 5.07. The van der Waals surface area contributed by atoms with E-state index in [0.717, 1.165) is 16.3 Å². The van der Waals surface area contributed by atoms with Crippen LogP contribution in [0.1, 0.15) is 32.2 Å². The van der Waals surface area contributed by atoms with E-state index in [9.17, 15) is 4.79 Å². The Morgan fingerprint density at radius 1 is 1.09 bits per heavy atom. The average molecular weight is 479 g/mol. The Kier molecular flexibility index (Phi) is 6.60. The summed E-state index contributed by atoms with van der Waals surface area (Å²) in [5, 5.41) is 10.2. The fourth-order valence-electron chi connectivity index (χ4n) is 3.23. The van der Waals surface area contributed by atoms with Gasteiger partial charge in [0.05, 0.1) is 32.0 Å². The quantitative estimate of drug-likeness (QED) is 0.423. The molecule has 176 valence electrons. The van der Waals surface area contributed by atoms with E-state index in [4.69, 9.17) is 9.47 Å². The molecule has 0 radical (unpaired) electrons. The molecule has 1 N–H and O–H groups in total. The summed E-state index contributed by atoms with van der Waals surface area (Å²) < 4.78 is 12.2. The fourth-order valence-corrected chi connectivity index (χ4v) is 4.05. The van der Waals surface area contributed by atoms with E-state index in [1.165, 1.54) is 11.3 Å². The van der Waals surface area contributed by atoms with Crippen LogP contribution in [-0.2, 0) is 16.6 Å². The van der Waals surface area contributed by atoms with Crippen LogP contribution in [0, 0.1) is 0 Å². The van der Waals surface area contributed by atoms with Gasteiger partial charge in [-0.15, -0.1) is 11.3 Å². The normalized spacial score (nSPS) is 11.3. The molecule has 0 saturated carbocycles. The fraction of sp³-hybridized carbons (Fsp3) is 0.292. The van der Waals surface area contributed by atoms with E-state index < -0.39 is 0 Å². The lowest BCUT2D eigenvalue weighted by Crippen LogP contribution is -2.18. The SMILES string of the molecule is COc1ccc(-c2nc(CC(=O)Nc3cc(C(C)(C)C)nn3-c3ncccn3)cs2)cc1OC. The van der Waals surface area contributed by atoms with E-state index in [0.29, 0.717) is 29.0 Å². The van der Waals surface area contributed by atoms with Crippen molar-refractivity contribution in [2.75, 3.05) is 19.5 Å². The van der Waals surface area contributed by atoms with Gasteiger partial charge in [0.25, 0.3) is 5.95 Å². The van der Waals surface area contributed by atoms with Crippen molar-refractivity contribution in [1.29, 1.82) is 0 Å². The summed E-state index contributed by atoms with van der Waals surface area (Å²) in [6.07, 6.45) is 3.39. The van der Waals surface area contributed by atoms with Gasteiger partial charge in [-0.05, 0) is 24.3 Å². The molecular weight excluding hydrogens is 452 g/mol. The number of carbonyl (C=O) groups excluding carboxylic acids is 1. The van der Waals surface area contributed by atoms with Crippen molar-refractivity contribution in [2.45, 2.75) is 32.6 Å². The summed E-state index contributed by atoms with van der Waals surface area (Å²) in [6.45, 7) is 6.17. The number of carbonyl (C=O) groups is 1. The van der Waals surface area contributed by atoms with Gasteiger partial charge < -0.3 is 14.8 Å². The summed E-state index contributed by atoms with van der Waals surface area (Å²) in [7, 11) is 3.19. The highest BCUT2D eigenvalue weighted by atomic mass is 32.1. The lowest BCUT2D eigenvalue weighted by Gasteiger charge is -2.13. The number of rotatable bonds is 7. The molecule has 0 unspecified atom stereocenters. The molecule has 0 aliphatic carbocycles. The van der Waals surface area contributed by atoms with Crippen molar-refractivity contribution >= 4 is 23.1 Å². The van der Waals surface area contributed by atoms with Crippen molar-refractivity contribution in [3.63, 3.8) is 0 Å². The second kappa shape index (κ2) is 9.60. The topological polar surface area (TPSA) is 104 Å². The van der Waals surface area contributed by atoms with Crippen molar-refractivity contribution < 1.29 is 14.3 Å². The molecule has 1 aromatic carbocycles. The maximum atomic E-state index is 12.9. The molecule has 0 aliphatic rings. The number of anilines is 1. The van der Waals surface area contributed by atoms with Crippen LogP contribution in [0.4, 0.5) is 5.82 Å². The first-order valence-corrected chi connectivity index (χ1v) is 11.5. The van der Waals surface area contributed by atoms with Gasteiger partial charge >= 0.3 is 0 Å². The Hall–Kier alpha value is -3.79. The number of amides is 1. The van der Waals surface area contributed by atoms with Crippen LogP contribution < -0.4 is 14.8 Å². The number of aromatic nitrogens is 5. The first kappa shape index (κ1) is 23.4. The molecule has 0 bridgehead atoms. The van der Waals surface area contributed by atoms with Crippen molar-refractivity contribution in [3.05, 3.63) is 59.5 Å². The highest BCUT2D eigenvalue weighted by Crippen LogP contribution is 2.33. The molecule has 4 aromatic rings. The molecule has 34 heavy (non-hydrogen) atoms. The van der Waals surface area contributed by atoms with Crippen LogP contribution in [-0.4, -0.2) is 44.9 Å². The number of methoxy groups -OCH3 is 2. The summed E-state index contributed by atoms with van der Waals surface area (Å²) in [5.74, 6) is 1.97. The largest absolute Gasteiger partial charge is 0.493 e. The minimum atomic E-state index is -0.207. The number of hydrogen-bond acceptors (Lipinski definition) is 8. The second-order valence-corrected chi connectivity index (χ2v) is 9.42. The predicted octanol–water partition coefficient (Wildman–Crippen LogP) is 4.28. The van der Waals surface area contributed by atoms with E-state index in [1.54, 1.807) is 37.4 Å². The van der Waals surface area contributed by atoms with Crippen LogP contribution in [0.2, 0.25) is 0 Å². The summed E-state index contributed by atoms with van der Waals surface area (Å²) in [4.78, 5) is 26.1. The number of nitrogens with zero attached hydrogens (tertiary/aromatic N) is 5. The maximum Gasteiger partial charge on any atom is 0.252 e. The minimum Gasteiger partial charge on any atom is -0.493 e. The van der Waals surface area contributed by atoms with E-state index >= 15 is 0 Å². The van der Waals surface area contributed by atoms with Gasteiger partial charge in [0, 0.05) is 34.8 Å². The van der Waals surface area contributed by atoms with E-state index in [1.807, 2.05) is 29.6 Å². The number of thiazole rings is 1. The number of nitrogens with one attached hydrogen (secondary N) is 1. The number of ether oxygens (including phenoxy) is 2. The zero-order valence-corrected chi connectivity index (χ0v) is 20.5. The molecule has 10 heteroatoms. The van der Waals surface area contributed by atoms with Gasteiger partial charge in [0.1, 0.15) is 10.8 Å². The molecule has 0 saturated heterocycles. The Morgan fingerprint density at radius 2 is 1.82 bits per heavy atom. The zero-order valence-electron chi connectivity index (χ0n) is 19.7. The maximum absolute atomic E-state index is 12.9. The Morgan fingerprint density at radius 3 is 2.50 bits per heavy atom. The lowest BCUT2D eigenvalue weighted by molar-refractivity contribution is -0.115. The van der Waals surface area contributed by atoms with Gasteiger partial charge in [-0.1, -0.05) is 20.8 Å². The van der Waals surface area contributed by atoms with Crippen molar-refractivity contribution in [1.82, 2.24) is 24.7 Å². The van der Waals surface area contributed by atoms with Crippen molar-refractivity contribution in [2.24, 2.45) is 0 Å². The average Bonchev–Trinajstić information content (AvgIpc) is 3.46. The molecule has 3 heterocycles. The molecular formula is C24H26N6O3S. The molecule has 9 nitrogen and oxygen atoms in total. The Bertz CT molecular complexity index is 1290. The molecule has 3 aromatic heterocycles. The lowest BCUT2D eigenvalue weighted by atomic mass is 9.92. The predicted molar refractivity (Wildman–Crippen MR) is 131 cm³/mol. The van der Waals surface area contributed by atoms with Crippen LogP contribution in [0.25, 0.3) is 16.5 Å². The van der Waals surface area contributed by atoms with Gasteiger partial charge in [0.2, 0.25) is 5.91 Å². The molecule has 0 aliphatic heterocycles. The second-order valence-electron chi connectivity index (χ2n) is 8.56. The van der Waals surface area contributed by atoms with E-state index in [-0.39, 0.29) is 17.7 Å². The third-order valence-corrected chi connectivity index (χ3v) is 5.95. The standard InChI is InChI=1S/C24H26N6O3S/c1-24(2,3)19-13-20(30(29-19)23-25-9-6-10-26-23)28-21(31)12-16-14-34-22(27-16)15-7-8-17(32-4)18(11-15)33-5/h6-11,13-14H,12H2,1-5H3,(H,28,31). The van der Waals surface area contributed by atoms with Gasteiger partial charge in [-0.2, -0.15) is 9.78 Å². The highest BCUT2D eigenvalue weighted by Gasteiger charge is 2.22. The van der Waals surface area contributed by atoms with Crippen LogP contribution >= 0.6 is 11.3 Å². The van der Waals surface area contributed by atoms with Gasteiger partial charge in [0.15, 0.2) is 11.5 Å². The number of benzene rings is 1. The third-order valence-electron chi connectivity index (χ3n) is 5.01. The molecule has 0 atom stereocenters. The van der Waals surface area contributed by atoms with Crippen LogP contribution in [0.3, 0.4) is 0 Å². The monoisotopic (exact) mass is 478 g/mol. The van der Waals surface area contributed by atoms with Gasteiger partial charge in [-0.25, -0.2) is 15.0 Å². The van der Waals surface area contributed by atoms with Crippen LogP contribution in [0.15, 0.2) is 48.1 Å². The Balaban J connectivity index is 1.53. The van der Waals surface area contributed by atoms with E-state index in [2.05, 4.69) is 46.1 Å². The Labute approximate surface area is 201 Å². The molecule has 1 amide bonds. The first-order valence-electron chi connectivity index (χ1n) is 10.6. The summed E-state index contributed by atoms with van der Waals surface area (Å²) >= 11 is 1.47. The zero-order chi connectivity index (χ0) is 24.3. The summed E-state index contributed by atoms with van der Waals surface area (Å²) in [6, 6.07) is 9.20. The highest BCUT2D eigenvalue weighted by molar-refractivity contribution is 7.13. The van der Waals surface area contributed by atoms with Crippen LogP contribution in [0.5, 0.6) is 11.5 Å². The van der Waals surface area contributed by atoms with Crippen molar-refractivity contribution in [3.8, 4) is 28.0 Å².